The molecule has 0 bridgehead atoms. The van der Waals surface area contributed by atoms with E-state index in [-0.39, 0.29) is 0 Å². The van der Waals surface area contributed by atoms with Gasteiger partial charge in [-0.25, -0.2) is 9.97 Å². The second-order valence-corrected chi connectivity index (χ2v) is 6.95. The molecule has 4 rings (SSSR count). The van der Waals surface area contributed by atoms with Gasteiger partial charge in [0, 0.05) is 19.2 Å². The minimum absolute atomic E-state index is 0.430. The van der Waals surface area contributed by atoms with Crippen LogP contribution in [0.1, 0.15) is 61.7 Å². The van der Waals surface area contributed by atoms with Crippen LogP contribution in [0.15, 0.2) is 12.3 Å². The number of pyridine rings is 1. The Morgan fingerprint density at radius 1 is 1.04 bits per heavy atom. The van der Waals surface area contributed by atoms with Crippen LogP contribution in [0, 0.1) is 0 Å². The standard InChI is InChI=1S/C18H26N4O/c1-23-14-4-2-13(3-5-14)17-21-16-15(8-11-20-18(16)22-17)12-6-9-19-10-7-12/h8,11-14,19H,2-7,9-10H2,1H3,(H,20,21,22). The van der Waals surface area contributed by atoms with Crippen molar-refractivity contribution in [1.82, 2.24) is 20.3 Å². The third kappa shape index (κ3) is 3.00. The Morgan fingerprint density at radius 3 is 2.57 bits per heavy atom. The molecule has 2 aromatic heterocycles. The zero-order valence-corrected chi connectivity index (χ0v) is 13.8. The highest BCUT2D eigenvalue weighted by Crippen LogP contribution is 2.35. The Labute approximate surface area is 137 Å². The largest absolute Gasteiger partial charge is 0.381 e. The lowest BCUT2D eigenvalue weighted by atomic mass is 9.87. The van der Waals surface area contributed by atoms with Crippen LogP contribution in [-0.2, 0) is 4.74 Å². The zero-order valence-electron chi connectivity index (χ0n) is 13.8. The van der Waals surface area contributed by atoms with Crippen LogP contribution in [0.5, 0.6) is 0 Å². The monoisotopic (exact) mass is 314 g/mol. The molecular weight excluding hydrogens is 288 g/mol. The van der Waals surface area contributed by atoms with Crippen LogP contribution in [0.3, 0.4) is 0 Å². The average molecular weight is 314 g/mol. The molecule has 5 heteroatoms. The number of H-pyrrole nitrogens is 1. The average Bonchev–Trinajstić information content (AvgIpc) is 3.06. The van der Waals surface area contributed by atoms with Gasteiger partial charge in [0.05, 0.1) is 6.10 Å². The summed E-state index contributed by atoms with van der Waals surface area (Å²) in [5.74, 6) is 2.27. The molecule has 1 saturated heterocycles. The summed E-state index contributed by atoms with van der Waals surface area (Å²) in [7, 11) is 1.82. The maximum Gasteiger partial charge on any atom is 0.157 e. The van der Waals surface area contributed by atoms with E-state index in [2.05, 4.69) is 21.4 Å². The SMILES string of the molecule is COC1CCC(c2nc3c(C4CCNCC4)ccnc3[nH]2)CC1. The van der Waals surface area contributed by atoms with Crippen LogP contribution < -0.4 is 5.32 Å². The summed E-state index contributed by atoms with van der Waals surface area (Å²) in [5.41, 5.74) is 3.44. The van der Waals surface area contributed by atoms with Gasteiger partial charge in [0.15, 0.2) is 5.65 Å². The summed E-state index contributed by atoms with van der Waals surface area (Å²) in [6.07, 6.45) is 9.32. The minimum atomic E-state index is 0.430. The van der Waals surface area contributed by atoms with Gasteiger partial charge in [-0.1, -0.05) is 0 Å². The lowest BCUT2D eigenvalue weighted by Crippen LogP contribution is -2.26. The number of ether oxygens (including phenoxy) is 1. The van der Waals surface area contributed by atoms with Gasteiger partial charge >= 0.3 is 0 Å². The molecule has 0 radical (unpaired) electrons. The van der Waals surface area contributed by atoms with E-state index in [0.29, 0.717) is 17.9 Å². The molecule has 1 saturated carbocycles. The van der Waals surface area contributed by atoms with Crippen molar-refractivity contribution in [2.24, 2.45) is 0 Å². The molecule has 1 aliphatic heterocycles. The van der Waals surface area contributed by atoms with Gasteiger partial charge in [0.1, 0.15) is 11.3 Å². The molecule has 3 heterocycles. The Kier molecular flexibility index (Phi) is 4.31. The van der Waals surface area contributed by atoms with E-state index in [4.69, 9.17) is 9.72 Å². The van der Waals surface area contributed by atoms with Gasteiger partial charge in [-0.2, -0.15) is 0 Å². The maximum atomic E-state index is 5.48. The van der Waals surface area contributed by atoms with E-state index in [1.807, 2.05) is 13.3 Å². The highest BCUT2D eigenvalue weighted by molar-refractivity contribution is 5.75. The fourth-order valence-electron chi connectivity index (χ4n) is 4.18. The van der Waals surface area contributed by atoms with E-state index in [9.17, 15) is 0 Å². The molecular formula is C18H26N4O. The van der Waals surface area contributed by atoms with Crippen molar-refractivity contribution in [2.75, 3.05) is 20.2 Å². The van der Waals surface area contributed by atoms with E-state index < -0.39 is 0 Å². The predicted octanol–water partition coefficient (Wildman–Crippen LogP) is 3.10. The Balaban J connectivity index is 1.60. The molecule has 124 valence electrons. The summed E-state index contributed by atoms with van der Waals surface area (Å²) in [6.45, 7) is 2.21. The van der Waals surface area contributed by atoms with E-state index in [1.165, 1.54) is 18.4 Å². The van der Waals surface area contributed by atoms with E-state index in [0.717, 1.165) is 55.8 Å². The van der Waals surface area contributed by atoms with E-state index >= 15 is 0 Å². The second kappa shape index (κ2) is 6.57. The Morgan fingerprint density at radius 2 is 1.83 bits per heavy atom. The summed E-state index contributed by atoms with van der Waals surface area (Å²) in [4.78, 5) is 13.0. The number of hydrogen-bond donors (Lipinski definition) is 2. The minimum Gasteiger partial charge on any atom is -0.381 e. The molecule has 0 amide bonds. The van der Waals surface area contributed by atoms with Crippen molar-refractivity contribution in [3.05, 3.63) is 23.7 Å². The topological polar surface area (TPSA) is 62.8 Å². The fourth-order valence-corrected chi connectivity index (χ4v) is 4.18. The molecule has 0 aromatic carbocycles. The van der Waals surface area contributed by atoms with Gasteiger partial charge < -0.3 is 15.0 Å². The van der Waals surface area contributed by atoms with Crippen LogP contribution >= 0.6 is 0 Å². The number of hydrogen-bond acceptors (Lipinski definition) is 4. The van der Waals surface area contributed by atoms with Crippen LogP contribution in [0.4, 0.5) is 0 Å². The summed E-state index contributed by atoms with van der Waals surface area (Å²) < 4.78 is 5.48. The molecule has 2 fully saturated rings. The van der Waals surface area contributed by atoms with Gasteiger partial charge in [-0.05, 0) is 69.2 Å². The second-order valence-electron chi connectivity index (χ2n) is 6.95. The number of nitrogens with one attached hydrogen (secondary N) is 2. The molecule has 0 atom stereocenters. The molecule has 0 spiro atoms. The molecule has 23 heavy (non-hydrogen) atoms. The fraction of sp³-hybridized carbons (Fsp3) is 0.667. The molecule has 0 unspecified atom stereocenters. The number of fused-ring (bicyclic) bond motifs is 1. The summed E-state index contributed by atoms with van der Waals surface area (Å²) in [5, 5.41) is 3.44. The smallest absolute Gasteiger partial charge is 0.157 e. The maximum absolute atomic E-state index is 5.48. The van der Waals surface area contributed by atoms with Crippen molar-refractivity contribution >= 4 is 11.2 Å². The van der Waals surface area contributed by atoms with Crippen molar-refractivity contribution < 1.29 is 4.74 Å². The van der Waals surface area contributed by atoms with Gasteiger partial charge in [0.2, 0.25) is 0 Å². The first-order valence-electron chi connectivity index (χ1n) is 8.93. The molecule has 2 aliphatic rings. The lowest BCUT2D eigenvalue weighted by molar-refractivity contribution is 0.0652. The molecule has 1 aliphatic carbocycles. The zero-order chi connectivity index (χ0) is 15.6. The number of methoxy groups -OCH3 is 1. The summed E-state index contributed by atoms with van der Waals surface area (Å²) >= 11 is 0. The van der Waals surface area contributed by atoms with Crippen LogP contribution in [-0.4, -0.2) is 41.3 Å². The number of nitrogens with zero attached hydrogens (tertiary/aromatic N) is 2. The van der Waals surface area contributed by atoms with Gasteiger partial charge in [0.25, 0.3) is 0 Å². The van der Waals surface area contributed by atoms with Gasteiger partial charge in [-0.3, -0.25) is 0 Å². The molecule has 2 N–H and O–H groups in total. The van der Waals surface area contributed by atoms with Crippen molar-refractivity contribution in [3.63, 3.8) is 0 Å². The normalized spacial score (nSPS) is 26.7. The Bertz CT molecular complexity index is 654. The first kappa shape index (κ1) is 15.1. The number of aromatic amines is 1. The van der Waals surface area contributed by atoms with Gasteiger partial charge in [-0.15, -0.1) is 0 Å². The molecule has 2 aromatic rings. The van der Waals surface area contributed by atoms with Crippen molar-refractivity contribution in [2.45, 2.75) is 56.5 Å². The quantitative estimate of drug-likeness (QED) is 0.914. The Hall–Kier alpha value is -1.46. The highest BCUT2D eigenvalue weighted by Gasteiger charge is 2.26. The molecule has 5 nitrogen and oxygen atoms in total. The highest BCUT2D eigenvalue weighted by atomic mass is 16.5. The summed E-state index contributed by atoms with van der Waals surface area (Å²) in [6, 6.07) is 2.17. The van der Waals surface area contributed by atoms with Crippen molar-refractivity contribution in [1.29, 1.82) is 0 Å². The number of imidazole rings is 1. The third-order valence-electron chi connectivity index (χ3n) is 5.61. The predicted molar refractivity (Wildman–Crippen MR) is 90.7 cm³/mol. The van der Waals surface area contributed by atoms with Crippen LogP contribution in [0.2, 0.25) is 0 Å². The van der Waals surface area contributed by atoms with Crippen molar-refractivity contribution in [3.8, 4) is 0 Å². The number of aromatic nitrogens is 3. The first-order valence-corrected chi connectivity index (χ1v) is 8.93. The lowest BCUT2D eigenvalue weighted by Gasteiger charge is -2.26. The number of rotatable bonds is 3. The van der Waals surface area contributed by atoms with Crippen LogP contribution in [0.25, 0.3) is 11.2 Å². The first-order chi connectivity index (χ1) is 11.3. The third-order valence-corrected chi connectivity index (χ3v) is 5.61. The van der Waals surface area contributed by atoms with E-state index in [1.54, 1.807) is 0 Å². The number of piperidine rings is 1.